The van der Waals surface area contributed by atoms with Crippen LogP contribution < -0.4 is 5.32 Å². The maximum absolute atomic E-state index is 12.9. The van der Waals surface area contributed by atoms with Gasteiger partial charge in [-0.3, -0.25) is 14.9 Å². The zero-order valence-electron chi connectivity index (χ0n) is 15.7. The molecule has 8 heteroatoms. The molecule has 1 N–H and O–H groups in total. The lowest BCUT2D eigenvalue weighted by atomic mass is 10.2. The third-order valence-electron chi connectivity index (χ3n) is 4.60. The van der Waals surface area contributed by atoms with E-state index in [4.69, 9.17) is 0 Å². The van der Waals surface area contributed by atoms with Gasteiger partial charge in [-0.15, -0.1) is 0 Å². The van der Waals surface area contributed by atoms with Crippen LogP contribution in [0.25, 0.3) is 0 Å². The Morgan fingerprint density at radius 3 is 2.50 bits per heavy atom. The van der Waals surface area contributed by atoms with Crippen molar-refractivity contribution in [3.8, 4) is 0 Å². The van der Waals surface area contributed by atoms with Gasteiger partial charge in [0.25, 0.3) is 0 Å². The second kappa shape index (κ2) is 9.21. The van der Waals surface area contributed by atoms with Crippen LogP contribution in [0, 0.1) is 6.92 Å². The molecule has 1 aliphatic rings. The van der Waals surface area contributed by atoms with Crippen molar-refractivity contribution in [1.82, 2.24) is 20.1 Å². The average molecular weight is 371 g/mol. The molecular weight excluding hydrogens is 343 g/mol. The predicted octanol–water partition coefficient (Wildman–Crippen LogP) is 2.47. The summed E-state index contributed by atoms with van der Waals surface area (Å²) >= 11 is 0. The molecule has 0 radical (unpaired) electrons. The van der Waals surface area contributed by atoms with E-state index >= 15 is 0 Å². The molecule has 2 heterocycles. The Hall–Kier alpha value is -1.83. The Morgan fingerprint density at radius 1 is 1.27 bits per heavy atom. The van der Waals surface area contributed by atoms with Crippen molar-refractivity contribution in [2.75, 3.05) is 39.3 Å². The standard InChI is InChI=1S/C18H28F3N5/c1-4-22-17(23-8-7-16-6-5-14(2)24-13-16)26-11-9-25(10-12-26)15(3)18(19,20)21/h5-6,13,15H,4,7-12H2,1-3H3,(H,22,23). The summed E-state index contributed by atoms with van der Waals surface area (Å²) in [6.45, 7) is 8.35. The van der Waals surface area contributed by atoms with Crippen LogP contribution in [0.15, 0.2) is 23.3 Å². The van der Waals surface area contributed by atoms with Crippen molar-refractivity contribution in [3.63, 3.8) is 0 Å². The number of rotatable bonds is 5. The van der Waals surface area contributed by atoms with Crippen molar-refractivity contribution in [1.29, 1.82) is 0 Å². The lowest BCUT2D eigenvalue weighted by molar-refractivity contribution is -0.181. The minimum absolute atomic E-state index is 0.382. The van der Waals surface area contributed by atoms with Crippen molar-refractivity contribution in [3.05, 3.63) is 29.6 Å². The quantitative estimate of drug-likeness (QED) is 0.638. The van der Waals surface area contributed by atoms with Gasteiger partial charge in [0, 0.05) is 51.2 Å². The molecule has 1 aromatic rings. The van der Waals surface area contributed by atoms with Crippen LogP contribution in [-0.2, 0) is 6.42 Å². The van der Waals surface area contributed by atoms with Crippen LogP contribution in [-0.4, -0.2) is 72.2 Å². The first-order chi connectivity index (χ1) is 12.3. The van der Waals surface area contributed by atoms with E-state index in [0.717, 1.165) is 30.2 Å². The molecule has 0 spiro atoms. The Morgan fingerprint density at radius 2 is 1.96 bits per heavy atom. The topological polar surface area (TPSA) is 43.8 Å². The monoisotopic (exact) mass is 371 g/mol. The summed E-state index contributed by atoms with van der Waals surface area (Å²) in [4.78, 5) is 12.4. The van der Waals surface area contributed by atoms with Gasteiger partial charge in [0.1, 0.15) is 6.04 Å². The molecule has 26 heavy (non-hydrogen) atoms. The van der Waals surface area contributed by atoms with Gasteiger partial charge in [0.15, 0.2) is 5.96 Å². The molecule has 1 fully saturated rings. The molecule has 0 amide bonds. The van der Waals surface area contributed by atoms with Gasteiger partial charge >= 0.3 is 6.18 Å². The fourth-order valence-corrected chi connectivity index (χ4v) is 2.89. The molecule has 5 nitrogen and oxygen atoms in total. The molecule has 2 rings (SSSR count). The lowest BCUT2D eigenvalue weighted by Crippen LogP contribution is -2.56. The number of piperazine rings is 1. The highest BCUT2D eigenvalue weighted by Gasteiger charge is 2.41. The highest BCUT2D eigenvalue weighted by atomic mass is 19.4. The molecule has 146 valence electrons. The van der Waals surface area contributed by atoms with E-state index in [1.165, 1.54) is 11.8 Å². The lowest BCUT2D eigenvalue weighted by Gasteiger charge is -2.39. The van der Waals surface area contributed by atoms with Gasteiger partial charge in [-0.2, -0.15) is 13.2 Å². The first-order valence-electron chi connectivity index (χ1n) is 9.06. The molecule has 1 unspecified atom stereocenters. The highest BCUT2D eigenvalue weighted by Crippen LogP contribution is 2.25. The van der Waals surface area contributed by atoms with E-state index < -0.39 is 12.2 Å². The summed E-state index contributed by atoms with van der Waals surface area (Å²) in [5, 5.41) is 3.24. The number of alkyl halides is 3. The molecule has 1 aliphatic heterocycles. The number of halogens is 3. The molecule has 1 atom stereocenters. The predicted molar refractivity (Wildman–Crippen MR) is 97.3 cm³/mol. The number of hydrogen-bond acceptors (Lipinski definition) is 3. The van der Waals surface area contributed by atoms with Gasteiger partial charge in [-0.1, -0.05) is 6.07 Å². The smallest absolute Gasteiger partial charge is 0.357 e. The van der Waals surface area contributed by atoms with Gasteiger partial charge in [0.2, 0.25) is 0 Å². The summed E-state index contributed by atoms with van der Waals surface area (Å²) in [5.74, 6) is 0.770. The fourth-order valence-electron chi connectivity index (χ4n) is 2.89. The van der Waals surface area contributed by atoms with Gasteiger partial charge in [-0.05, 0) is 38.8 Å². The van der Waals surface area contributed by atoms with Crippen LogP contribution in [0.2, 0.25) is 0 Å². The molecular formula is C18H28F3N5. The second-order valence-electron chi connectivity index (χ2n) is 6.53. The van der Waals surface area contributed by atoms with E-state index in [9.17, 15) is 13.2 Å². The van der Waals surface area contributed by atoms with E-state index in [-0.39, 0.29) is 0 Å². The van der Waals surface area contributed by atoms with E-state index in [2.05, 4.69) is 15.3 Å². The zero-order valence-corrected chi connectivity index (χ0v) is 15.7. The van der Waals surface area contributed by atoms with Crippen molar-refractivity contribution < 1.29 is 13.2 Å². The number of pyridine rings is 1. The van der Waals surface area contributed by atoms with Gasteiger partial charge < -0.3 is 10.2 Å². The molecule has 0 aromatic carbocycles. The Bertz CT molecular complexity index is 577. The Labute approximate surface area is 153 Å². The number of aryl methyl sites for hydroxylation is 1. The van der Waals surface area contributed by atoms with Crippen molar-refractivity contribution >= 4 is 5.96 Å². The Kier molecular flexibility index (Phi) is 7.25. The minimum atomic E-state index is -4.18. The molecule has 0 saturated carbocycles. The maximum Gasteiger partial charge on any atom is 0.403 e. The van der Waals surface area contributed by atoms with E-state index in [1.807, 2.05) is 37.1 Å². The van der Waals surface area contributed by atoms with Crippen LogP contribution in [0.1, 0.15) is 25.1 Å². The van der Waals surface area contributed by atoms with Crippen molar-refractivity contribution in [2.45, 2.75) is 39.4 Å². The number of nitrogens with one attached hydrogen (secondary N) is 1. The number of aliphatic imine (C=N–C) groups is 1. The van der Waals surface area contributed by atoms with Crippen LogP contribution in [0.5, 0.6) is 0 Å². The van der Waals surface area contributed by atoms with E-state index in [1.54, 1.807) is 0 Å². The molecule has 0 aliphatic carbocycles. The third-order valence-corrected chi connectivity index (χ3v) is 4.60. The molecule has 1 aromatic heterocycles. The van der Waals surface area contributed by atoms with E-state index in [0.29, 0.717) is 32.7 Å². The van der Waals surface area contributed by atoms with Crippen LogP contribution in [0.3, 0.4) is 0 Å². The maximum atomic E-state index is 12.9. The first-order valence-corrected chi connectivity index (χ1v) is 9.06. The number of guanidine groups is 1. The Balaban J connectivity index is 1.90. The van der Waals surface area contributed by atoms with Crippen molar-refractivity contribution in [2.24, 2.45) is 4.99 Å². The first kappa shape index (κ1) is 20.5. The summed E-state index contributed by atoms with van der Waals surface area (Å²) in [7, 11) is 0. The number of hydrogen-bond donors (Lipinski definition) is 1. The fraction of sp³-hybridized carbons (Fsp3) is 0.667. The number of aromatic nitrogens is 1. The average Bonchev–Trinajstić information content (AvgIpc) is 2.61. The van der Waals surface area contributed by atoms with Gasteiger partial charge in [0.05, 0.1) is 0 Å². The summed E-state index contributed by atoms with van der Waals surface area (Å²) < 4.78 is 38.6. The molecule has 0 bridgehead atoms. The molecule has 1 saturated heterocycles. The largest absolute Gasteiger partial charge is 0.403 e. The summed E-state index contributed by atoms with van der Waals surface area (Å²) in [5.41, 5.74) is 2.11. The second-order valence-corrected chi connectivity index (χ2v) is 6.53. The number of nitrogens with zero attached hydrogens (tertiary/aromatic N) is 4. The summed E-state index contributed by atoms with van der Waals surface area (Å²) in [6, 6.07) is 2.62. The SMILES string of the molecule is CCNC(=NCCc1ccc(C)nc1)N1CCN(C(C)C(F)(F)F)CC1. The highest BCUT2D eigenvalue weighted by molar-refractivity contribution is 5.80. The minimum Gasteiger partial charge on any atom is -0.357 e. The van der Waals surface area contributed by atoms with Crippen LogP contribution in [0.4, 0.5) is 13.2 Å². The van der Waals surface area contributed by atoms with Crippen LogP contribution >= 0.6 is 0 Å². The zero-order chi connectivity index (χ0) is 19.2. The third kappa shape index (κ3) is 5.86. The normalized spacial score (nSPS) is 18.1. The van der Waals surface area contributed by atoms with Gasteiger partial charge in [-0.25, -0.2) is 0 Å². The summed E-state index contributed by atoms with van der Waals surface area (Å²) in [6.07, 6.45) is -1.54.